The van der Waals surface area contributed by atoms with Crippen LogP contribution in [0, 0.1) is 0 Å². The van der Waals surface area contributed by atoms with Gasteiger partial charge in [0.25, 0.3) is 5.91 Å². The Morgan fingerprint density at radius 1 is 1.11 bits per heavy atom. The van der Waals surface area contributed by atoms with Gasteiger partial charge in [-0.2, -0.15) is 0 Å². The number of rotatable bonds is 3. The minimum absolute atomic E-state index is 0.0233. The highest BCUT2D eigenvalue weighted by molar-refractivity contribution is 9.10. The number of amides is 4. The molecule has 7 nitrogen and oxygen atoms in total. The summed E-state index contributed by atoms with van der Waals surface area (Å²) >= 11 is 15.3. The summed E-state index contributed by atoms with van der Waals surface area (Å²) in [4.78, 5) is 44.7. The number of imide groups is 1. The first kappa shape index (κ1) is 19.2. The smallest absolute Gasteiger partial charge is 0.332 e. The van der Waals surface area contributed by atoms with Crippen LogP contribution < -0.4 is 10.2 Å². The summed E-state index contributed by atoms with van der Waals surface area (Å²) in [5.41, 5.74) is -0.142. The van der Waals surface area contributed by atoms with Gasteiger partial charge in [-0.05, 0) is 29.8 Å². The molecule has 10 heteroatoms. The van der Waals surface area contributed by atoms with Crippen LogP contribution in [0.4, 0.5) is 10.5 Å². The summed E-state index contributed by atoms with van der Waals surface area (Å²) in [5, 5.41) is 2.84. The molecule has 1 aromatic carbocycles. The van der Waals surface area contributed by atoms with Gasteiger partial charge < -0.3 is 5.32 Å². The molecule has 2 aromatic rings. The number of carbonyl (C=O) groups is 3. The van der Waals surface area contributed by atoms with Crippen LogP contribution in [-0.2, 0) is 16.0 Å². The highest BCUT2D eigenvalue weighted by Gasteiger charge is 2.60. The summed E-state index contributed by atoms with van der Waals surface area (Å²) < 4.78 is 0.902. The molecule has 3 heterocycles. The monoisotopic (exact) mass is 482 g/mol. The second kappa shape index (κ2) is 7.02. The topological polar surface area (TPSA) is 82.6 Å². The molecule has 0 aliphatic carbocycles. The second-order valence-electron chi connectivity index (χ2n) is 6.59. The number of carbonyl (C=O) groups excluding carboxylic acids is 3. The Morgan fingerprint density at radius 3 is 2.39 bits per heavy atom. The zero-order chi connectivity index (χ0) is 20.1. The maximum Gasteiger partial charge on any atom is 0.332 e. The van der Waals surface area contributed by atoms with E-state index in [1.165, 1.54) is 17.0 Å². The first-order valence-electron chi connectivity index (χ1n) is 8.30. The summed E-state index contributed by atoms with van der Waals surface area (Å²) in [6.45, 7) is -0.181. The van der Waals surface area contributed by atoms with E-state index in [0.717, 1.165) is 14.9 Å². The predicted molar refractivity (Wildman–Crippen MR) is 107 cm³/mol. The first-order valence-corrected chi connectivity index (χ1v) is 9.85. The van der Waals surface area contributed by atoms with Gasteiger partial charge in [-0.3, -0.25) is 14.5 Å². The molecule has 2 fully saturated rings. The van der Waals surface area contributed by atoms with Gasteiger partial charge in [0.05, 0.1) is 12.2 Å². The molecular weight excluding hydrogens is 471 g/mol. The lowest BCUT2D eigenvalue weighted by Crippen LogP contribution is -2.64. The van der Waals surface area contributed by atoms with Crippen LogP contribution in [-0.4, -0.2) is 46.4 Å². The lowest BCUT2D eigenvalue weighted by Gasteiger charge is -2.38. The Hall–Kier alpha value is -2.16. The minimum Gasteiger partial charge on any atom is -0.352 e. The van der Waals surface area contributed by atoms with Crippen molar-refractivity contribution in [3.05, 3.63) is 56.7 Å². The van der Waals surface area contributed by atoms with Gasteiger partial charge in [0.1, 0.15) is 22.4 Å². The third-order valence-electron chi connectivity index (χ3n) is 4.84. The number of anilines is 1. The van der Waals surface area contributed by atoms with Gasteiger partial charge in [0, 0.05) is 10.9 Å². The first-order chi connectivity index (χ1) is 13.3. The highest BCUT2D eigenvalue weighted by atomic mass is 79.9. The van der Waals surface area contributed by atoms with Crippen LogP contribution in [0.5, 0.6) is 0 Å². The maximum absolute atomic E-state index is 13.5. The molecule has 2 saturated heterocycles. The molecule has 144 valence electrons. The van der Waals surface area contributed by atoms with E-state index < -0.39 is 17.5 Å². The van der Waals surface area contributed by atoms with Crippen molar-refractivity contribution in [3.8, 4) is 0 Å². The Balaban J connectivity index is 1.78. The number of hydrogen-bond acceptors (Lipinski definition) is 4. The number of urea groups is 1. The third kappa shape index (κ3) is 3.15. The fraction of sp³-hybridized carbons (Fsp3) is 0.222. The van der Waals surface area contributed by atoms with Crippen LogP contribution in [0.3, 0.4) is 0 Å². The van der Waals surface area contributed by atoms with Crippen molar-refractivity contribution < 1.29 is 14.4 Å². The van der Waals surface area contributed by atoms with Gasteiger partial charge in [0.2, 0.25) is 5.91 Å². The Kier molecular flexibility index (Phi) is 4.81. The van der Waals surface area contributed by atoms with Crippen molar-refractivity contribution in [2.24, 2.45) is 0 Å². The number of nitrogens with zero attached hydrogens (tertiary/aromatic N) is 3. The van der Waals surface area contributed by atoms with E-state index in [1.54, 1.807) is 0 Å². The summed E-state index contributed by atoms with van der Waals surface area (Å²) in [6, 6.07) is 9.66. The predicted octanol–water partition coefficient (Wildman–Crippen LogP) is 3.03. The van der Waals surface area contributed by atoms with E-state index in [1.807, 2.05) is 24.3 Å². The Bertz CT molecular complexity index is 981. The molecule has 1 N–H and O–H groups in total. The lowest BCUT2D eigenvalue weighted by atomic mass is 9.87. The SMILES string of the molecule is O=C1CN2C(=O)N(c3cc(Cl)nc(Cl)c3)C(=O)C2(Cc2ccc(Br)cc2)CN1. The van der Waals surface area contributed by atoms with Crippen LogP contribution in [0.2, 0.25) is 10.3 Å². The molecule has 28 heavy (non-hydrogen) atoms. The molecule has 2 aliphatic rings. The van der Waals surface area contributed by atoms with Gasteiger partial charge in [0.15, 0.2) is 0 Å². The van der Waals surface area contributed by atoms with Gasteiger partial charge in [-0.15, -0.1) is 0 Å². The lowest BCUT2D eigenvalue weighted by molar-refractivity contribution is -0.132. The van der Waals surface area contributed by atoms with E-state index in [9.17, 15) is 14.4 Å². The molecule has 2 aliphatic heterocycles. The van der Waals surface area contributed by atoms with Gasteiger partial charge in [-0.25, -0.2) is 14.7 Å². The fourth-order valence-electron chi connectivity index (χ4n) is 3.53. The quantitative estimate of drug-likeness (QED) is 0.537. The normalized spacial score (nSPS) is 21.8. The summed E-state index contributed by atoms with van der Waals surface area (Å²) in [7, 11) is 0. The molecule has 1 atom stereocenters. The number of pyridine rings is 1. The Morgan fingerprint density at radius 2 is 1.75 bits per heavy atom. The molecule has 0 radical (unpaired) electrons. The van der Waals surface area contributed by atoms with E-state index >= 15 is 0 Å². The van der Waals surface area contributed by atoms with Crippen molar-refractivity contribution in [3.63, 3.8) is 0 Å². The van der Waals surface area contributed by atoms with E-state index in [4.69, 9.17) is 23.2 Å². The van der Waals surface area contributed by atoms with Crippen molar-refractivity contribution in [1.82, 2.24) is 15.2 Å². The van der Waals surface area contributed by atoms with E-state index in [0.29, 0.717) is 0 Å². The number of aromatic nitrogens is 1. The molecule has 4 amide bonds. The molecule has 0 bridgehead atoms. The van der Waals surface area contributed by atoms with Crippen LogP contribution in [0.15, 0.2) is 40.9 Å². The number of piperazine rings is 1. The molecule has 0 spiro atoms. The van der Waals surface area contributed by atoms with Crippen molar-refractivity contribution in [2.75, 3.05) is 18.0 Å². The van der Waals surface area contributed by atoms with Crippen molar-refractivity contribution in [2.45, 2.75) is 12.0 Å². The zero-order valence-electron chi connectivity index (χ0n) is 14.3. The van der Waals surface area contributed by atoms with Crippen molar-refractivity contribution in [1.29, 1.82) is 0 Å². The number of halogens is 3. The molecular formula is C18H13BrCl2N4O3. The average molecular weight is 484 g/mol. The average Bonchev–Trinajstić information content (AvgIpc) is 2.84. The van der Waals surface area contributed by atoms with Crippen molar-refractivity contribution >= 4 is 62.7 Å². The van der Waals surface area contributed by atoms with Gasteiger partial charge in [-0.1, -0.05) is 51.3 Å². The number of hydrogen-bond donors (Lipinski definition) is 1. The largest absolute Gasteiger partial charge is 0.352 e. The van der Waals surface area contributed by atoms with E-state index in [2.05, 4.69) is 26.2 Å². The van der Waals surface area contributed by atoms with Gasteiger partial charge >= 0.3 is 6.03 Å². The maximum atomic E-state index is 13.5. The van der Waals surface area contributed by atoms with E-state index in [-0.39, 0.29) is 41.4 Å². The summed E-state index contributed by atoms with van der Waals surface area (Å²) in [5.74, 6) is -0.765. The molecule has 4 rings (SSSR count). The molecule has 1 aromatic heterocycles. The molecule has 0 saturated carbocycles. The van der Waals surface area contributed by atoms with Crippen LogP contribution >= 0.6 is 39.1 Å². The standard InChI is InChI=1S/C18H13BrCl2N4O3/c19-11-3-1-10(2-4-11)7-18-9-22-15(26)8-24(18)17(28)25(16(18)27)12-5-13(20)23-14(21)6-12/h1-6H,7-9H2,(H,22,26). The second-order valence-corrected chi connectivity index (χ2v) is 8.28. The number of fused-ring (bicyclic) bond motifs is 1. The fourth-order valence-corrected chi connectivity index (χ4v) is 4.24. The zero-order valence-corrected chi connectivity index (χ0v) is 17.4. The van der Waals surface area contributed by atoms with Crippen LogP contribution in [0.25, 0.3) is 0 Å². The highest BCUT2D eigenvalue weighted by Crippen LogP contribution is 2.37. The number of benzene rings is 1. The Labute approximate surface area is 178 Å². The minimum atomic E-state index is -1.22. The third-order valence-corrected chi connectivity index (χ3v) is 5.75. The number of nitrogens with one attached hydrogen (secondary N) is 1. The van der Waals surface area contributed by atoms with Crippen LogP contribution in [0.1, 0.15) is 5.56 Å². The molecule has 1 unspecified atom stereocenters. The summed E-state index contributed by atoms with van der Waals surface area (Å²) in [6.07, 6.45) is 0.258.